The SMILES string of the molecule is CC(C)C1CCCCN(C)CCC1. The minimum Gasteiger partial charge on any atom is -0.306 e. The second kappa shape index (κ2) is 5.64. The fraction of sp³-hybridized carbons (Fsp3) is 1.00. The molecule has 1 unspecified atom stereocenters. The lowest BCUT2D eigenvalue weighted by Crippen LogP contribution is -2.20. The molecule has 0 radical (unpaired) electrons. The summed E-state index contributed by atoms with van der Waals surface area (Å²) in [4.78, 5) is 2.49. The van der Waals surface area contributed by atoms with Crippen molar-refractivity contribution in [1.29, 1.82) is 0 Å². The summed E-state index contributed by atoms with van der Waals surface area (Å²) in [6.45, 7) is 7.38. The van der Waals surface area contributed by atoms with Crippen LogP contribution in [0.2, 0.25) is 0 Å². The molecule has 1 heteroatoms. The van der Waals surface area contributed by atoms with E-state index in [-0.39, 0.29) is 0 Å². The van der Waals surface area contributed by atoms with Gasteiger partial charge in [-0.1, -0.05) is 26.7 Å². The van der Waals surface area contributed by atoms with Crippen molar-refractivity contribution in [1.82, 2.24) is 4.90 Å². The monoisotopic (exact) mass is 183 g/mol. The van der Waals surface area contributed by atoms with Crippen LogP contribution in [0.5, 0.6) is 0 Å². The van der Waals surface area contributed by atoms with E-state index in [0.29, 0.717) is 0 Å². The maximum atomic E-state index is 2.49. The van der Waals surface area contributed by atoms with Gasteiger partial charge in [0.2, 0.25) is 0 Å². The Labute approximate surface area is 83.5 Å². The Morgan fingerprint density at radius 1 is 1.00 bits per heavy atom. The van der Waals surface area contributed by atoms with Crippen molar-refractivity contribution in [3.05, 3.63) is 0 Å². The van der Waals surface area contributed by atoms with Crippen LogP contribution in [0.1, 0.15) is 46.0 Å². The standard InChI is InChI=1S/C12H25N/c1-11(2)12-7-4-5-9-13(3)10-6-8-12/h11-12H,4-10H2,1-3H3. The molecule has 0 aliphatic carbocycles. The molecule has 0 aromatic carbocycles. The van der Waals surface area contributed by atoms with Crippen molar-refractivity contribution in [3.63, 3.8) is 0 Å². The number of hydrogen-bond acceptors (Lipinski definition) is 1. The summed E-state index contributed by atoms with van der Waals surface area (Å²) in [7, 11) is 2.26. The summed E-state index contributed by atoms with van der Waals surface area (Å²) in [5.41, 5.74) is 0. The van der Waals surface area contributed by atoms with Crippen LogP contribution in [0.4, 0.5) is 0 Å². The highest BCUT2D eigenvalue weighted by Crippen LogP contribution is 2.24. The first-order valence-electron chi connectivity index (χ1n) is 5.88. The molecule has 0 aromatic rings. The zero-order valence-electron chi connectivity index (χ0n) is 9.55. The fourth-order valence-corrected chi connectivity index (χ4v) is 2.33. The van der Waals surface area contributed by atoms with E-state index < -0.39 is 0 Å². The van der Waals surface area contributed by atoms with Gasteiger partial charge in [-0.2, -0.15) is 0 Å². The Hall–Kier alpha value is -0.0400. The molecule has 1 heterocycles. The predicted molar refractivity (Wildman–Crippen MR) is 58.9 cm³/mol. The summed E-state index contributed by atoms with van der Waals surface area (Å²) >= 11 is 0. The van der Waals surface area contributed by atoms with Gasteiger partial charge in [0.05, 0.1) is 0 Å². The van der Waals surface area contributed by atoms with Crippen LogP contribution in [-0.4, -0.2) is 25.0 Å². The van der Waals surface area contributed by atoms with Gasteiger partial charge in [0.15, 0.2) is 0 Å². The molecule has 0 spiro atoms. The third-order valence-corrected chi connectivity index (χ3v) is 3.42. The van der Waals surface area contributed by atoms with E-state index in [1.54, 1.807) is 0 Å². The zero-order valence-corrected chi connectivity index (χ0v) is 9.55. The largest absolute Gasteiger partial charge is 0.306 e. The predicted octanol–water partition coefficient (Wildman–Crippen LogP) is 3.15. The van der Waals surface area contributed by atoms with Gasteiger partial charge in [-0.25, -0.2) is 0 Å². The Kier molecular flexibility index (Phi) is 4.79. The van der Waals surface area contributed by atoms with Gasteiger partial charge in [0.1, 0.15) is 0 Å². The molecule has 1 fully saturated rings. The highest BCUT2D eigenvalue weighted by atomic mass is 15.1. The maximum absolute atomic E-state index is 2.49. The van der Waals surface area contributed by atoms with Crippen molar-refractivity contribution in [2.45, 2.75) is 46.0 Å². The summed E-state index contributed by atoms with van der Waals surface area (Å²) in [6.07, 6.45) is 7.15. The molecule has 1 saturated heterocycles. The second-order valence-corrected chi connectivity index (χ2v) is 4.95. The van der Waals surface area contributed by atoms with E-state index in [2.05, 4.69) is 25.8 Å². The first-order valence-corrected chi connectivity index (χ1v) is 5.88. The summed E-state index contributed by atoms with van der Waals surface area (Å²) in [6, 6.07) is 0. The molecule has 13 heavy (non-hydrogen) atoms. The van der Waals surface area contributed by atoms with Crippen molar-refractivity contribution < 1.29 is 0 Å². The molecule has 1 rings (SSSR count). The van der Waals surface area contributed by atoms with Gasteiger partial charge in [0, 0.05) is 0 Å². The summed E-state index contributed by atoms with van der Waals surface area (Å²) < 4.78 is 0. The second-order valence-electron chi connectivity index (χ2n) is 4.95. The quantitative estimate of drug-likeness (QED) is 0.603. The maximum Gasteiger partial charge on any atom is -0.00217 e. The molecule has 78 valence electrons. The van der Waals surface area contributed by atoms with E-state index in [0.717, 1.165) is 11.8 Å². The normalized spacial score (nSPS) is 28.2. The van der Waals surface area contributed by atoms with Gasteiger partial charge >= 0.3 is 0 Å². The molecule has 0 amide bonds. The molecular formula is C12H25N. The Balaban J connectivity index is 2.34. The molecular weight excluding hydrogens is 158 g/mol. The van der Waals surface area contributed by atoms with Gasteiger partial charge in [-0.05, 0) is 51.2 Å². The highest BCUT2D eigenvalue weighted by molar-refractivity contribution is 4.67. The summed E-state index contributed by atoms with van der Waals surface area (Å²) in [5, 5.41) is 0. The lowest BCUT2D eigenvalue weighted by Gasteiger charge is -2.19. The van der Waals surface area contributed by atoms with Crippen LogP contribution in [-0.2, 0) is 0 Å². The lowest BCUT2D eigenvalue weighted by atomic mass is 9.87. The molecule has 0 N–H and O–H groups in total. The molecule has 0 bridgehead atoms. The fourth-order valence-electron chi connectivity index (χ4n) is 2.33. The zero-order chi connectivity index (χ0) is 9.68. The first-order chi connectivity index (χ1) is 6.20. The van der Waals surface area contributed by atoms with Crippen LogP contribution in [0, 0.1) is 11.8 Å². The molecule has 0 aromatic heterocycles. The van der Waals surface area contributed by atoms with Crippen LogP contribution in [0.15, 0.2) is 0 Å². The molecule has 1 aliphatic rings. The average molecular weight is 183 g/mol. The molecule has 1 atom stereocenters. The lowest BCUT2D eigenvalue weighted by molar-refractivity contribution is 0.308. The van der Waals surface area contributed by atoms with Crippen LogP contribution >= 0.6 is 0 Å². The number of hydrogen-bond donors (Lipinski definition) is 0. The smallest absolute Gasteiger partial charge is 0.00217 e. The van der Waals surface area contributed by atoms with E-state index >= 15 is 0 Å². The molecule has 0 saturated carbocycles. The minimum absolute atomic E-state index is 0.892. The van der Waals surface area contributed by atoms with E-state index in [4.69, 9.17) is 0 Å². The van der Waals surface area contributed by atoms with Gasteiger partial charge < -0.3 is 4.90 Å². The Bertz CT molecular complexity index is 131. The summed E-state index contributed by atoms with van der Waals surface area (Å²) in [5.74, 6) is 1.88. The first kappa shape index (κ1) is 11.0. The van der Waals surface area contributed by atoms with E-state index in [1.165, 1.54) is 45.2 Å². The molecule has 1 aliphatic heterocycles. The Morgan fingerprint density at radius 2 is 1.62 bits per heavy atom. The van der Waals surface area contributed by atoms with Gasteiger partial charge in [-0.15, -0.1) is 0 Å². The van der Waals surface area contributed by atoms with Gasteiger partial charge in [-0.3, -0.25) is 0 Å². The molecule has 1 nitrogen and oxygen atoms in total. The van der Waals surface area contributed by atoms with E-state index in [9.17, 15) is 0 Å². The minimum atomic E-state index is 0.892. The third kappa shape index (κ3) is 4.12. The van der Waals surface area contributed by atoms with Crippen molar-refractivity contribution in [3.8, 4) is 0 Å². The van der Waals surface area contributed by atoms with Crippen molar-refractivity contribution in [2.75, 3.05) is 20.1 Å². The number of nitrogens with zero attached hydrogens (tertiary/aromatic N) is 1. The van der Waals surface area contributed by atoms with Crippen LogP contribution in [0.25, 0.3) is 0 Å². The third-order valence-electron chi connectivity index (χ3n) is 3.42. The average Bonchev–Trinajstić information content (AvgIpc) is 2.16. The highest BCUT2D eigenvalue weighted by Gasteiger charge is 2.14. The van der Waals surface area contributed by atoms with Crippen LogP contribution in [0.3, 0.4) is 0 Å². The van der Waals surface area contributed by atoms with Crippen molar-refractivity contribution >= 4 is 0 Å². The van der Waals surface area contributed by atoms with E-state index in [1.807, 2.05) is 0 Å². The number of rotatable bonds is 1. The Morgan fingerprint density at radius 3 is 2.31 bits per heavy atom. The van der Waals surface area contributed by atoms with Crippen LogP contribution < -0.4 is 0 Å². The van der Waals surface area contributed by atoms with Crippen molar-refractivity contribution in [2.24, 2.45) is 11.8 Å². The van der Waals surface area contributed by atoms with Gasteiger partial charge in [0.25, 0.3) is 0 Å². The topological polar surface area (TPSA) is 3.24 Å².